The molecule has 1 rings (SSSR count). The van der Waals surface area contributed by atoms with Crippen molar-refractivity contribution in [3.8, 4) is 0 Å². The number of carbonyl (C=O) groups is 1. The summed E-state index contributed by atoms with van der Waals surface area (Å²) in [6.07, 6.45) is 8.27. The first-order valence-electron chi connectivity index (χ1n) is 5.72. The zero-order chi connectivity index (χ0) is 11.1. The Balaban J connectivity index is 2.22. The van der Waals surface area contributed by atoms with Crippen molar-refractivity contribution < 1.29 is 14.6 Å². The molecule has 1 N–H and O–H groups in total. The second-order valence-corrected chi connectivity index (χ2v) is 4.19. The minimum absolute atomic E-state index is 0.277. The Hall–Kier alpha value is -0.990. The zero-order valence-corrected chi connectivity index (χ0v) is 9.37. The SMILES string of the molecule is CC(=CCCOC(=O)O)C1CCCCC1. The molecule has 0 bridgehead atoms. The first kappa shape index (κ1) is 12.1. The van der Waals surface area contributed by atoms with Gasteiger partial charge < -0.3 is 9.84 Å². The van der Waals surface area contributed by atoms with Gasteiger partial charge in [-0.15, -0.1) is 0 Å². The summed E-state index contributed by atoms with van der Waals surface area (Å²) in [4.78, 5) is 10.1. The standard InChI is InChI=1S/C12H20O3/c1-10(6-5-9-15-12(13)14)11-7-3-2-4-8-11/h6,11H,2-5,7-9H2,1H3,(H,13,14). The molecule has 1 aliphatic carbocycles. The summed E-state index contributed by atoms with van der Waals surface area (Å²) in [5.41, 5.74) is 1.41. The molecule has 0 amide bonds. The molecule has 3 nitrogen and oxygen atoms in total. The van der Waals surface area contributed by atoms with Crippen LogP contribution in [0.4, 0.5) is 4.79 Å². The number of hydrogen-bond acceptors (Lipinski definition) is 2. The second kappa shape index (κ2) is 6.49. The Kier molecular flexibility index (Phi) is 5.22. The fraction of sp³-hybridized carbons (Fsp3) is 0.750. The molecule has 0 aromatic rings. The largest absolute Gasteiger partial charge is 0.505 e. The highest BCUT2D eigenvalue weighted by Gasteiger charge is 2.14. The molecule has 0 atom stereocenters. The molecule has 0 aliphatic heterocycles. The molecule has 0 aromatic heterocycles. The minimum Gasteiger partial charge on any atom is -0.450 e. The lowest BCUT2D eigenvalue weighted by atomic mass is 9.84. The third-order valence-corrected chi connectivity index (χ3v) is 3.06. The Morgan fingerprint density at radius 3 is 2.67 bits per heavy atom. The molecule has 1 saturated carbocycles. The molecular weight excluding hydrogens is 192 g/mol. The number of rotatable bonds is 4. The van der Waals surface area contributed by atoms with Gasteiger partial charge in [-0.3, -0.25) is 0 Å². The van der Waals surface area contributed by atoms with Gasteiger partial charge in [-0.2, -0.15) is 0 Å². The Labute approximate surface area is 91.1 Å². The fourth-order valence-corrected chi connectivity index (χ4v) is 2.16. The average Bonchev–Trinajstić information content (AvgIpc) is 2.25. The van der Waals surface area contributed by atoms with Crippen molar-refractivity contribution in [2.75, 3.05) is 6.61 Å². The Morgan fingerprint density at radius 2 is 2.07 bits per heavy atom. The van der Waals surface area contributed by atoms with E-state index < -0.39 is 6.16 Å². The van der Waals surface area contributed by atoms with Crippen molar-refractivity contribution in [2.45, 2.75) is 45.4 Å². The van der Waals surface area contributed by atoms with E-state index in [2.05, 4.69) is 17.7 Å². The van der Waals surface area contributed by atoms with Crippen molar-refractivity contribution in [3.63, 3.8) is 0 Å². The normalized spacial score (nSPS) is 18.9. The topological polar surface area (TPSA) is 46.5 Å². The monoisotopic (exact) mass is 212 g/mol. The van der Waals surface area contributed by atoms with E-state index in [0.29, 0.717) is 6.42 Å². The summed E-state index contributed by atoms with van der Waals surface area (Å²) in [7, 11) is 0. The van der Waals surface area contributed by atoms with E-state index in [1.807, 2.05) is 0 Å². The lowest BCUT2D eigenvalue weighted by molar-refractivity contribution is 0.0932. The first-order chi connectivity index (χ1) is 7.20. The third-order valence-electron chi connectivity index (χ3n) is 3.06. The van der Waals surface area contributed by atoms with Crippen LogP contribution in [0.3, 0.4) is 0 Å². The molecule has 0 unspecified atom stereocenters. The Morgan fingerprint density at radius 1 is 1.40 bits per heavy atom. The predicted molar refractivity (Wildman–Crippen MR) is 58.9 cm³/mol. The van der Waals surface area contributed by atoms with Crippen LogP contribution in [0.2, 0.25) is 0 Å². The highest BCUT2D eigenvalue weighted by atomic mass is 16.7. The number of ether oxygens (including phenoxy) is 1. The molecule has 0 saturated heterocycles. The number of allylic oxidation sites excluding steroid dienone is 1. The minimum atomic E-state index is -1.18. The van der Waals surface area contributed by atoms with Crippen LogP contribution >= 0.6 is 0 Å². The van der Waals surface area contributed by atoms with Gasteiger partial charge in [-0.25, -0.2) is 4.79 Å². The van der Waals surface area contributed by atoms with Crippen molar-refractivity contribution in [2.24, 2.45) is 5.92 Å². The van der Waals surface area contributed by atoms with E-state index >= 15 is 0 Å². The van der Waals surface area contributed by atoms with E-state index in [-0.39, 0.29) is 6.61 Å². The van der Waals surface area contributed by atoms with E-state index in [0.717, 1.165) is 5.92 Å². The molecule has 0 spiro atoms. The van der Waals surface area contributed by atoms with Crippen LogP contribution in [0.5, 0.6) is 0 Å². The molecule has 3 heteroatoms. The molecule has 0 heterocycles. The van der Waals surface area contributed by atoms with Gasteiger partial charge in [-0.05, 0) is 32.1 Å². The van der Waals surface area contributed by atoms with Gasteiger partial charge in [0.2, 0.25) is 0 Å². The van der Waals surface area contributed by atoms with Gasteiger partial charge in [0.15, 0.2) is 0 Å². The first-order valence-corrected chi connectivity index (χ1v) is 5.72. The van der Waals surface area contributed by atoms with Crippen LogP contribution < -0.4 is 0 Å². The summed E-state index contributed by atoms with van der Waals surface area (Å²) in [6, 6.07) is 0. The van der Waals surface area contributed by atoms with Gasteiger partial charge in [0.25, 0.3) is 0 Å². The zero-order valence-electron chi connectivity index (χ0n) is 9.37. The summed E-state index contributed by atoms with van der Waals surface area (Å²) in [6.45, 7) is 2.43. The van der Waals surface area contributed by atoms with Crippen LogP contribution in [-0.2, 0) is 4.74 Å². The summed E-state index contributed by atoms with van der Waals surface area (Å²) in [5.74, 6) is 0.726. The van der Waals surface area contributed by atoms with Crippen LogP contribution in [0.1, 0.15) is 45.4 Å². The van der Waals surface area contributed by atoms with E-state index in [1.54, 1.807) is 0 Å². The average molecular weight is 212 g/mol. The maximum atomic E-state index is 10.1. The van der Waals surface area contributed by atoms with Gasteiger partial charge in [0.1, 0.15) is 0 Å². The van der Waals surface area contributed by atoms with Crippen LogP contribution in [0.25, 0.3) is 0 Å². The third kappa shape index (κ3) is 4.86. The summed E-state index contributed by atoms with van der Waals surface area (Å²) < 4.78 is 4.45. The van der Waals surface area contributed by atoms with E-state index in [9.17, 15) is 4.79 Å². The van der Waals surface area contributed by atoms with Crippen LogP contribution in [-0.4, -0.2) is 17.9 Å². The van der Waals surface area contributed by atoms with Gasteiger partial charge in [0.05, 0.1) is 6.61 Å². The van der Waals surface area contributed by atoms with Crippen molar-refractivity contribution in [1.82, 2.24) is 0 Å². The van der Waals surface area contributed by atoms with Crippen molar-refractivity contribution in [3.05, 3.63) is 11.6 Å². The highest BCUT2D eigenvalue weighted by Crippen LogP contribution is 2.29. The molecule has 1 aliphatic rings. The molecule has 86 valence electrons. The maximum absolute atomic E-state index is 10.1. The quantitative estimate of drug-likeness (QED) is 0.440. The molecule has 0 radical (unpaired) electrons. The number of carboxylic acid groups (broad SMARTS) is 1. The predicted octanol–water partition coefficient (Wildman–Crippen LogP) is 3.60. The maximum Gasteiger partial charge on any atom is 0.505 e. The summed E-state index contributed by atoms with van der Waals surface area (Å²) in [5, 5.41) is 8.28. The molecule has 0 aromatic carbocycles. The molecule has 1 fully saturated rings. The lowest BCUT2D eigenvalue weighted by Gasteiger charge is -2.22. The van der Waals surface area contributed by atoms with E-state index in [4.69, 9.17) is 5.11 Å². The van der Waals surface area contributed by atoms with E-state index in [1.165, 1.54) is 37.7 Å². The smallest absolute Gasteiger partial charge is 0.450 e. The van der Waals surface area contributed by atoms with Crippen LogP contribution in [0, 0.1) is 5.92 Å². The van der Waals surface area contributed by atoms with Gasteiger partial charge in [-0.1, -0.05) is 30.9 Å². The Bertz CT molecular complexity index is 227. The summed E-state index contributed by atoms with van der Waals surface area (Å²) >= 11 is 0. The second-order valence-electron chi connectivity index (χ2n) is 4.19. The van der Waals surface area contributed by atoms with Gasteiger partial charge >= 0.3 is 6.16 Å². The number of hydrogen-bond donors (Lipinski definition) is 1. The fourth-order valence-electron chi connectivity index (χ4n) is 2.16. The van der Waals surface area contributed by atoms with Crippen LogP contribution in [0.15, 0.2) is 11.6 Å². The highest BCUT2D eigenvalue weighted by molar-refractivity contribution is 5.56. The lowest BCUT2D eigenvalue weighted by Crippen LogP contribution is -2.08. The molecular formula is C12H20O3. The van der Waals surface area contributed by atoms with Gasteiger partial charge in [0, 0.05) is 0 Å². The van der Waals surface area contributed by atoms with Crippen molar-refractivity contribution >= 4 is 6.16 Å². The van der Waals surface area contributed by atoms with Crippen molar-refractivity contribution in [1.29, 1.82) is 0 Å². The molecule has 15 heavy (non-hydrogen) atoms.